The van der Waals surface area contributed by atoms with E-state index in [0.29, 0.717) is 22.6 Å². The molecule has 66 heavy (non-hydrogen) atoms. The fourth-order valence-corrected chi connectivity index (χ4v) is 10.4. The molecule has 0 aliphatic carbocycles. The lowest BCUT2D eigenvalue weighted by atomic mass is 10.0. The Morgan fingerprint density at radius 1 is 0.394 bits per heavy atom. The summed E-state index contributed by atoms with van der Waals surface area (Å²) in [6.07, 6.45) is 0. The zero-order chi connectivity index (χ0) is 43.9. The molecule has 0 bridgehead atoms. The van der Waals surface area contributed by atoms with Crippen molar-refractivity contribution in [3.05, 3.63) is 235 Å². The zero-order valence-corrected chi connectivity index (χ0v) is 35.5. The Kier molecular flexibility index (Phi) is 8.24. The van der Waals surface area contributed by atoms with Crippen molar-refractivity contribution >= 4 is 98.9 Å². The number of rotatable bonds is 6. The highest BCUT2D eigenvalue weighted by molar-refractivity contribution is 6.22. The number of hydrogen-bond donors (Lipinski definition) is 0. The van der Waals surface area contributed by atoms with Gasteiger partial charge in [-0.1, -0.05) is 121 Å². The lowest BCUT2D eigenvalue weighted by Gasteiger charge is -2.25. The molecule has 10 aromatic carbocycles. The molecule has 0 unspecified atom stereocenters. The van der Waals surface area contributed by atoms with E-state index in [1.54, 1.807) is 0 Å². The minimum Gasteiger partial charge on any atom is -0.319 e. The van der Waals surface area contributed by atoms with E-state index >= 15 is 0 Å². The van der Waals surface area contributed by atoms with Crippen LogP contribution in [0.25, 0.3) is 98.1 Å². The number of fused-ring (bicyclic) bond motifs is 11. The summed E-state index contributed by atoms with van der Waals surface area (Å²) < 4.78 is 6.71. The van der Waals surface area contributed by atoms with Gasteiger partial charge in [0.05, 0.1) is 56.6 Å². The molecule has 0 atom stereocenters. The van der Waals surface area contributed by atoms with Crippen LogP contribution in [-0.4, -0.2) is 13.7 Å². The number of anilines is 3. The van der Waals surface area contributed by atoms with Crippen LogP contribution < -0.4 is 4.90 Å². The van der Waals surface area contributed by atoms with E-state index < -0.39 is 0 Å². The fourth-order valence-electron chi connectivity index (χ4n) is 10.4. The Morgan fingerprint density at radius 2 is 0.924 bits per heavy atom. The molecule has 6 heteroatoms. The second-order valence-corrected chi connectivity index (χ2v) is 16.7. The average Bonchev–Trinajstić information content (AvgIpc) is 4.01. The predicted octanol–water partition coefficient (Wildman–Crippen LogP) is 16.0. The van der Waals surface area contributed by atoms with Crippen molar-refractivity contribution in [2.45, 2.75) is 0 Å². The lowest BCUT2D eigenvalue weighted by molar-refractivity contribution is 1.14. The van der Waals surface area contributed by atoms with Gasteiger partial charge in [-0.15, -0.1) is 0 Å². The number of aromatic nitrogens is 3. The molecule has 0 aliphatic heterocycles. The van der Waals surface area contributed by atoms with Gasteiger partial charge < -0.3 is 18.6 Å². The van der Waals surface area contributed by atoms with Crippen LogP contribution in [0.2, 0.25) is 0 Å². The zero-order valence-electron chi connectivity index (χ0n) is 35.5. The molecule has 0 amide bonds. The van der Waals surface area contributed by atoms with Crippen molar-refractivity contribution in [3.8, 4) is 23.1 Å². The second kappa shape index (κ2) is 14.6. The van der Waals surface area contributed by atoms with Crippen LogP contribution in [-0.2, 0) is 0 Å². The van der Waals surface area contributed by atoms with Gasteiger partial charge in [0, 0.05) is 55.1 Å². The first-order chi connectivity index (χ1) is 32.7. The van der Waals surface area contributed by atoms with E-state index in [9.17, 15) is 5.26 Å². The lowest BCUT2D eigenvalue weighted by Crippen LogP contribution is -2.09. The van der Waals surface area contributed by atoms with Crippen LogP contribution in [0.4, 0.5) is 22.7 Å². The largest absolute Gasteiger partial charge is 0.319 e. The Morgan fingerprint density at radius 3 is 1.62 bits per heavy atom. The van der Waals surface area contributed by atoms with Crippen molar-refractivity contribution in [1.82, 2.24) is 13.7 Å². The van der Waals surface area contributed by atoms with Crippen LogP contribution in [0.1, 0.15) is 5.56 Å². The molecule has 306 valence electrons. The summed E-state index contributed by atoms with van der Waals surface area (Å²) in [5.74, 6) is 0. The van der Waals surface area contributed by atoms with Crippen molar-refractivity contribution < 1.29 is 0 Å². The van der Waals surface area contributed by atoms with Gasteiger partial charge in [-0.3, -0.25) is 0 Å². The highest BCUT2D eigenvalue weighted by Gasteiger charge is 2.24. The third kappa shape index (κ3) is 5.46. The molecular weight excluding hydrogens is 805 g/mol. The first-order valence-corrected chi connectivity index (χ1v) is 22.0. The quantitative estimate of drug-likeness (QED) is 0.157. The standard InChI is InChI=1S/C60H36N6/c1-62-51-37-56(40(38-61)33-59(51)65-53-28-16-14-26-47(53)60-45-24-12-11-17-39(45)29-31-55(60)65)66-54-32-30-44(63(41-18-5-2-6-19-41)42-20-7-3-8-21-42)34-48(54)50-36-57-49(35-58(50)66)46-25-13-15-27-52(46)64(57)43-22-9-4-10-23-43/h2-37H. The summed E-state index contributed by atoms with van der Waals surface area (Å²) in [5.41, 5.74) is 12.4. The third-order valence-electron chi connectivity index (χ3n) is 13.2. The van der Waals surface area contributed by atoms with Gasteiger partial charge in [0.1, 0.15) is 6.07 Å². The molecule has 0 aliphatic rings. The number of nitriles is 1. The Hall–Kier alpha value is -9.36. The average molecular weight is 841 g/mol. The number of nitrogens with zero attached hydrogens (tertiary/aromatic N) is 6. The van der Waals surface area contributed by atoms with Gasteiger partial charge in [0.25, 0.3) is 0 Å². The second-order valence-electron chi connectivity index (χ2n) is 16.7. The number of para-hydroxylation sites is 5. The molecule has 0 N–H and O–H groups in total. The predicted molar refractivity (Wildman–Crippen MR) is 273 cm³/mol. The molecular formula is C60H36N6. The maximum atomic E-state index is 11.3. The molecule has 0 radical (unpaired) electrons. The summed E-state index contributed by atoms with van der Waals surface area (Å²) in [6.45, 7) is 8.74. The van der Waals surface area contributed by atoms with Gasteiger partial charge in [-0.25, -0.2) is 4.85 Å². The number of hydrogen-bond acceptors (Lipinski definition) is 2. The van der Waals surface area contributed by atoms with Crippen LogP contribution in [0.5, 0.6) is 0 Å². The van der Waals surface area contributed by atoms with Crippen molar-refractivity contribution in [3.63, 3.8) is 0 Å². The summed E-state index contributed by atoms with van der Waals surface area (Å²) >= 11 is 0. The molecule has 13 rings (SSSR count). The molecule has 3 aromatic heterocycles. The maximum Gasteiger partial charge on any atom is 0.212 e. The van der Waals surface area contributed by atoms with E-state index in [4.69, 9.17) is 6.57 Å². The van der Waals surface area contributed by atoms with Gasteiger partial charge in [0.2, 0.25) is 5.69 Å². The SMILES string of the molecule is [C-]#[N+]c1cc(-n2c3ccc(N(c4ccccc4)c4ccccc4)cc3c3cc4c(cc32)c2ccccc2n4-c2ccccc2)c(C#N)cc1-n1c2ccccc2c2c3ccccc3ccc21. The minimum absolute atomic E-state index is 0.451. The van der Waals surface area contributed by atoms with E-state index in [-0.39, 0.29) is 0 Å². The van der Waals surface area contributed by atoms with Gasteiger partial charge in [-0.2, -0.15) is 5.26 Å². The van der Waals surface area contributed by atoms with Crippen LogP contribution in [0.3, 0.4) is 0 Å². The Labute approximate surface area is 379 Å². The van der Waals surface area contributed by atoms with Crippen molar-refractivity contribution in [2.75, 3.05) is 4.90 Å². The molecule has 0 spiro atoms. The van der Waals surface area contributed by atoms with E-state index in [1.165, 1.54) is 0 Å². The first kappa shape index (κ1) is 37.2. The molecule has 13 aromatic rings. The first-order valence-electron chi connectivity index (χ1n) is 22.0. The van der Waals surface area contributed by atoms with Crippen LogP contribution >= 0.6 is 0 Å². The van der Waals surface area contributed by atoms with Gasteiger partial charge >= 0.3 is 0 Å². The summed E-state index contributed by atoms with van der Waals surface area (Å²) in [4.78, 5) is 6.52. The highest BCUT2D eigenvalue weighted by Crippen LogP contribution is 2.45. The van der Waals surface area contributed by atoms with Crippen molar-refractivity contribution in [1.29, 1.82) is 5.26 Å². The Balaban J connectivity index is 1.13. The van der Waals surface area contributed by atoms with Gasteiger partial charge in [-0.05, 0) is 108 Å². The van der Waals surface area contributed by atoms with E-state index in [2.05, 4.69) is 218 Å². The monoisotopic (exact) mass is 840 g/mol. The van der Waals surface area contributed by atoms with Crippen LogP contribution in [0.15, 0.2) is 218 Å². The summed E-state index contributed by atoms with van der Waals surface area (Å²) in [5, 5.41) is 20.1. The Bertz CT molecular complexity index is 4140. The topological polar surface area (TPSA) is 46.2 Å². The normalized spacial score (nSPS) is 11.6. The van der Waals surface area contributed by atoms with Crippen LogP contribution in [0, 0.1) is 17.9 Å². The summed E-state index contributed by atoms with van der Waals surface area (Å²) in [7, 11) is 0. The maximum absolute atomic E-state index is 11.3. The van der Waals surface area contributed by atoms with E-state index in [0.717, 1.165) is 98.9 Å². The third-order valence-corrected chi connectivity index (χ3v) is 13.2. The van der Waals surface area contributed by atoms with E-state index in [1.807, 2.05) is 30.3 Å². The summed E-state index contributed by atoms with van der Waals surface area (Å²) in [6, 6.07) is 78.7. The molecule has 3 heterocycles. The van der Waals surface area contributed by atoms with Crippen molar-refractivity contribution in [2.24, 2.45) is 0 Å². The number of benzene rings is 10. The smallest absolute Gasteiger partial charge is 0.212 e. The molecule has 6 nitrogen and oxygen atoms in total. The molecule has 0 saturated heterocycles. The highest BCUT2D eigenvalue weighted by atomic mass is 15.1. The minimum atomic E-state index is 0.451. The fraction of sp³-hybridized carbons (Fsp3) is 0. The van der Waals surface area contributed by atoms with Gasteiger partial charge in [0.15, 0.2) is 0 Å². The molecule has 0 fully saturated rings. The molecule has 0 saturated carbocycles.